The van der Waals surface area contributed by atoms with Crippen LogP contribution in [0.15, 0.2) is 30.6 Å². The van der Waals surface area contributed by atoms with Crippen molar-refractivity contribution in [3.05, 3.63) is 58.7 Å². The molecular weight excluding hydrogens is 837 g/mol. The van der Waals surface area contributed by atoms with E-state index in [0.717, 1.165) is 5.56 Å². The lowest BCUT2D eigenvalue weighted by molar-refractivity contribution is -0.147. The minimum absolute atomic E-state index is 0.0106. The van der Waals surface area contributed by atoms with Crippen LogP contribution in [0.1, 0.15) is 111 Å². The van der Waals surface area contributed by atoms with E-state index < -0.39 is 105 Å². The van der Waals surface area contributed by atoms with Gasteiger partial charge in [0.1, 0.15) is 0 Å². The number of carboxylic acids is 6. The van der Waals surface area contributed by atoms with Gasteiger partial charge in [-0.15, -0.1) is 0 Å². The highest BCUT2D eigenvalue weighted by Gasteiger charge is 2.41. The van der Waals surface area contributed by atoms with Crippen molar-refractivity contribution in [1.29, 1.82) is 0 Å². The van der Waals surface area contributed by atoms with Crippen molar-refractivity contribution in [3.63, 3.8) is 0 Å². The molecule has 4 rings (SSSR count). The minimum atomic E-state index is -1.25. The fraction of sp³-hybridized carbons (Fsp3) is 0.614. The average Bonchev–Trinajstić information content (AvgIpc) is 3.21. The van der Waals surface area contributed by atoms with Crippen LogP contribution in [0.5, 0.6) is 0 Å². The summed E-state index contributed by atoms with van der Waals surface area (Å²) in [6.07, 6.45) is 6.33. The van der Waals surface area contributed by atoms with E-state index in [-0.39, 0.29) is 55.0 Å². The molecule has 5 atom stereocenters. The Kier molecular flexibility index (Phi) is 19.2. The van der Waals surface area contributed by atoms with Crippen molar-refractivity contribution in [2.24, 2.45) is 5.92 Å². The van der Waals surface area contributed by atoms with Crippen LogP contribution in [0, 0.1) is 5.92 Å². The summed E-state index contributed by atoms with van der Waals surface area (Å²) in [6, 6.07) is 2.66. The first kappa shape index (κ1) is 51.2. The monoisotopic (exact) mass is 898 g/mol. The number of carbonyl (C=O) groups excluding carboxylic acids is 1. The second kappa shape index (κ2) is 24.0. The first-order valence-corrected chi connectivity index (χ1v) is 21.6. The molecule has 2 aromatic rings. The van der Waals surface area contributed by atoms with Crippen LogP contribution in [0.25, 0.3) is 0 Å². The molecule has 2 aromatic heterocycles. The van der Waals surface area contributed by atoms with E-state index in [4.69, 9.17) is 9.72 Å². The number of carboxylic acid groups (broad SMARTS) is 6. The number of aromatic nitrogens is 2. The number of carbonyl (C=O) groups is 7. The van der Waals surface area contributed by atoms with Gasteiger partial charge < -0.3 is 35.4 Å². The van der Waals surface area contributed by atoms with Gasteiger partial charge in [0.05, 0.1) is 63.4 Å². The zero-order valence-corrected chi connectivity index (χ0v) is 36.9. The molecule has 0 radical (unpaired) electrons. The summed E-state index contributed by atoms with van der Waals surface area (Å²) in [5, 5.41) is 59.2. The second-order valence-electron chi connectivity index (χ2n) is 17.3. The van der Waals surface area contributed by atoms with Crippen LogP contribution in [-0.4, -0.2) is 171 Å². The van der Waals surface area contributed by atoms with Crippen molar-refractivity contribution in [1.82, 2.24) is 29.6 Å². The molecule has 0 aromatic carbocycles. The molecular formula is C44H62N6O14. The van der Waals surface area contributed by atoms with Gasteiger partial charge in [-0.25, -0.2) is 0 Å². The highest BCUT2D eigenvalue weighted by molar-refractivity contribution is 5.98. The van der Waals surface area contributed by atoms with E-state index in [9.17, 15) is 64.2 Å². The third-order valence-corrected chi connectivity index (χ3v) is 11.8. The molecule has 3 unspecified atom stereocenters. The number of aliphatic carboxylic acids is 6. The van der Waals surface area contributed by atoms with Gasteiger partial charge in [0.25, 0.3) is 0 Å². The van der Waals surface area contributed by atoms with Gasteiger partial charge in [0, 0.05) is 61.1 Å². The quantitative estimate of drug-likeness (QED) is 0.0740. The third kappa shape index (κ3) is 15.4. The van der Waals surface area contributed by atoms with Crippen molar-refractivity contribution >= 4 is 41.6 Å². The van der Waals surface area contributed by atoms with E-state index in [2.05, 4.69) is 4.98 Å². The Hall–Kier alpha value is -5.41. The van der Waals surface area contributed by atoms with E-state index in [1.807, 2.05) is 19.9 Å². The second-order valence-corrected chi connectivity index (χ2v) is 17.3. The van der Waals surface area contributed by atoms with E-state index in [1.165, 1.54) is 9.80 Å². The van der Waals surface area contributed by atoms with Gasteiger partial charge in [-0.2, -0.15) is 0 Å². The van der Waals surface area contributed by atoms with Gasteiger partial charge in [-0.3, -0.25) is 63.1 Å². The molecule has 2 aliphatic rings. The summed E-state index contributed by atoms with van der Waals surface area (Å²) in [7, 11) is 0. The van der Waals surface area contributed by atoms with Gasteiger partial charge >= 0.3 is 35.8 Å². The fourth-order valence-electron chi connectivity index (χ4n) is 9.08. The largest absolute Gasteiger partial charge is 0.480 e. The van der Waals surface area contributed by atoms with E-state index in [0.29, 0.717) is 50.0 Å². The van der Waals surface area contributed by atoms with E-state index in [1.54, 1.807) is 48.2 Å². The van der Waals surface area contributed by atoms with Gasteiger partial charge in [0.2, 0.25) is 0 Å². The number of ether oxygens (including phenoxy) is 1. The predicted molar refractivity (Wildman–Crippen MR) is 228 cm³/mol. The molecule has 64 heavy (non-hydrogen) atoms. The number of hydrogen-bond donors (Lipinski definition) is 6. The SMILES string of the molecule is CC(C)OCc1ccc(CN(CC(=O)O)[C@H]2CC(c3cnc(CN(CC(=O)O)[C@H]4CCCCC4N(CC(=O)O)CC(=O)O)c(C(=O)C(C)C)c3)CCC2N(CC(=O)O)CC(=O)O)nc1. The maximum atomic E-state index is 14.0. The van der Waals surface area contributed by atoms with Gasteiger partial charge in [0.15, 0.2) is 5.78 Å². The molecule has 2 aliphatic carbocycles. The minimum Gasteiger partial charge on any atom is -0.480 e. The van der Waals surface area contributed by atoms with Gasteiger partial charge in [-0.05, 0) is 75.1 Å². The Morgan fingerprint density at radius 2 is 1.09 bits per heavy atom. The highest BCUT2D eigenvalue weighted by atomic mass is 16.5. The van der Waals surface area contributed by atoms with Crippen LogP contribution >= 0.6 is 0 Å². The number of rotatable bonds is 26. The van der Waals surface area contributed by atoms with Crippen molar-refractivity contribution in [2.45, 2.75) is 129 Å². The lowest BCUT2D eigenvalue weighted by Crippen LogP contribution is -2.57. The first-order chi connectivity index (χ1) is 30.2. The molecule has 20 nitrogen and oxygen atoms in total. The number of Topliss-reactive ketones (excluding diaryl/α,β-unsaturated/α-hetero) is 1. The molecule has 2 fully saturated rings. The molecule has 20 heteroatoms. The fourth-order valence-corrected chi connectivity index (χ4v) is 9.08. The standard InChI is InChI=1S/C44H62N6O14/c1-26(2)44(63)32-13-30(16-46-33(32)18-48(20-39(53)54)34-7-5-6-8-35(34)49(21-40(55)56)22-41(57)58)29-10-12-36(50(23-42(59)60)24-43(61)62)37(14-29)47(19-38(51)52)17-31-11-9-28(15-45-31)25-64-27(3)4/h9,11,13,15-16,26-27,29,34-37H,5-8,10,12,14,17-25H2,1-4H3,(H,51,52)(H,53,54)(H,55,56)(H,57,58)(H,59,60)(H,61,62)/t29?,34-,35?,36?,37-/m0/s1. The van der Waals surface area contributed by atoms with Crippen molar-refractivity contribution in [3.8, 4) is 0 Å². The number of nitrogens with zero attached hydrogens (tertiary/aromatic N) is 6. The molecule has 2 heterocycles. The average molecular weight is 899 g/mol. The van der Waals surface area contributed by atoms with Crippen LogP contribution in [0.2, 0.25) is 0 Å². The normalized spacial score (nSPS) is 20.3. The Bertz CT molecular complexity index is 1930. The molecule has 6 N–H and O–H groups in total. The van der Waals surface area contributed by atoms with Gasteiger partial charge in [-0.1, -0.05) is 32.8 Å². The number of hydrogen-bond acceptors (Lipinski definition) is 14. The number of pyridine rings is 2. The maximum Gasteiger partial charge on any atom is 0.317 e. The third-order valence-electron chi connectivity index (χ3n) is 11.8. The zero-order chi connectivity index (χ0) is 47.2. The summed E-state index contributed by atoms with van der Waals surface area (Å²) < 4.78 is 5.68. The summed E-state index contributed by atoms with van der Waals surface area (Å²) in [5.41, 5.74) is 2.45. The molecule has 0 spiro atoms. The first-order valence-electron chi connectivity index (χ1n) is 21.6. The van der Waals surface area contributed by atoms with Crippen LogP contribution in [-0.2, 0) is 53.2 Å². The molecule has 0 saturated heterocycles. The topological polar surface area (TPSA) is 289 Å². The van der Waals surface area contributed by atoms with Crippen LogP contribution in [0.3, 0.4) is 0 Å². The Balaban J connectivity index is 1.76. The predicted octanol–water partition coefficient (Wildman–Crippen LogP) is 2.97. The lowest BCUT2D eigenvalue weighted by atomic mass is 9.77. The summed E-state index contributed by atoms with van der Waals surface area (Å²) in [5.74, 6) is -8.46. The van der Waals surface area contributed by atoms with Crippen molar-refractivity contribution in [2.75, 3.05) is 39.3 Å². The molecule has 0 amide bonds. The lowest BCUT2D eigenvalue weighted by Gasteiger charge is -2.46. The van der Waals surface area contributed by atoms with Crippen LogP contribution < -0.4 is 0 Å². The molecule has 352 valence electrons. The zero-order valence-electron chi connectivity index (χ0n) is 36.9. The molecule has 0 bridgehead atoms. The Labute approximate surface area is 371 Å². The summed E-state index contributed by atoms with van der Waals surface area (Å²) >= 11 is 0. The number of ketones is 1. The molecule has 2 saturated carbocycles. The maximum absolute atomic E-state index is 14.0. The van der Waals surface area contributed by atoms with E-state index >= 15 is 0 Å². The summed E-state index contributed by atoms with van der Waals surface area (Å²) in [4.78, 5) is 102. The summed E-state index contributed by atoms with van der Waals surface area (Å²) in [6.45, 7) is 4.15. The molecule has 0 aliphatic heterocycles. The smallest absolute Gasteiger partial charge is 0.317 e. The highest BCUT2D eigenvalue weighted by Crippen LogP contribution is 2.39. The van der Waals surface area contributed by atoms with Crippen molar-refractivity contribution < 1.29 is 68.9 Å². The van der Waals surface area contributed by atoms with Crippen LogP contribution in [0.4, 0.5) is 0 Å². The Morgan fingerprint density at radius 3 is 1.56 bits per heavy atom. The Morgan fingerprint density at radius 1 is 0.609 bits per heavy atom.